The zero-order valence-corrected chi connectivity index (χ0v) is 9.45. The van der Waals surface area contributed by atoms with Crippen LogP contribution in [0.5, 0.6) is 0 Å². The van der Waals surface area contributed by atoms with Gasteiger partial charge < -0.3 is 10.2 Å². The van der Waals surface area contributed by atoms with E-state index in [9.17, 15) is 18.4 Å². The first-order valence-corrected chi connectivity index (χ1v) is 2.54. The first kappa shape index (κ1) is 17.9. The Kier molecular flexibility index (Phi) is 18.5. The Labute approximate surface area is 85.3 Å². The molecule has 0 saturated carbocycles. The van der Waals surface area contributed by atoms with Crippen molar-refractivity contribution >= 4 is 11.9 Å². The van der Waals surface area contributed by atoms with Crippen LogP contribution in [0.25, 0.3) is 0 Å². The van der Waals surface area contributed by atoms with Crippen molar-refractivity contribution in [1.29, 1.82) is 0 Å². The standard InChI is InChI=1S/2C3H3FO2.Zn/c2*4-2-1-3(5)6;/h2*1-2H,(H,5,6);. The predicted octanol–water partition coefficient (Wildman–Crippen LogP) is 1.11. The molecule has 2 N–H and O–H groups in total. The Morgan fingerprint density at radius 3 is 1.15 bits per heavy atom. The van der Waals surface area contributed by atoms with Gasteiger partial charge in [0.25, 0.3) is 0 Å². The molecule has 0 spiro atoms. The summed E-state index contributed by atoms with van der Waals surface area (Å²) in [6.45, 7) is 0. The summed E-state index contributed by atoms with van der Waals surface area (Å²) in [5.74, 6) is -2.53. The zero-order valence-electron chi connectivity index (χ0n) is 6.48. The predicted molar refractivity (Wildman–Crippen MR) is 35.8 cm³/mol. The summed E-state index contributed by atoms with van der Waals surface area (Å²) in [6, 6.07) is 0. The van der Waals surface area contributed by atoms with Crippen LogP contribution >= 0.6 is 0 Å². The Morgan fingerprint density at radius 2 is 1.15 bits per heavy atom. The molecule has 0 aromatic rings. The number of hydrogen-bond donors (Lipinski definition) is 2. The largest absolute Gasteiger partial charge is 0.478 e. The Hall–Kier alpha value is -1.10. The molecule has 0 unspecified atom stereocenters. The van der Waals surface area contributed by atoms with Crippen molar-refractivity contribution in [3.8, 4) is 0 Å². The molecule has 0 aliphatic rings. The van der Waals surface area contributed by atoms with Gasteiger partial charge in [-0.2, -0.15) is 0 Å². The van der Waals surface area contributed by atoms with Gasteiger partial charge in [0.2, 0.25) is 0 Å². The third kappa shape index (κ3) is 35.9. The van der Waals surface area contributed by atoms with E-state index >= 15 is 0 Å². The second-order valence-electron chi connectivity index (χ2n) is 1.26. The fourth-order valence-corrected chi connectivity index (χ4v) is 0.108. The SMILES string of the molecule is O=C(O)C=CF.O=C(O)C=CF.[Zn]. The maximum absolute atomic E-state index is 10.7. The fraction of sp³-hybridized carbons (Fsp3) is 0. The number of carbonyl (C=O) groups is 2. The first-order valence-electron chi connectivity index (χ1n) is 2.54. The summed E-state index contributed by atoms with van der Waals surface area (Å²) in [5, 5.41) is 15.2. The van der Waals surface area contributed by atoms with E-state index in [0.29, 0.717) is 12.2 Å². The van der Waals surface area contributed by atoms with Crippen molar-refractivity contribution in [3.05, 3.63) is 24.8 Å². The molecule has 0 atom stereocenters. The molecule has 0 radical (unpaired) electrons. The smallest absolute Gasteiger partial charge is 0.330 e. The van der Waals surface area contributed by atoms with Crippen LogP contribution < -0.4 is 0 Å². The number of aliphatic carboxylic acids is 2. The third-order valence-corrected chi connectivity index (χ3v) is 0.411. The average Bonchev–Trinajstić information content (AvgIpc) is 1.87. The van der Waals surface area contributed by atoms with E-state index in [4.69, 9.17) is 10.2 Å². The second-order valence-corrected chi connectivity index (χ2v) is 1.26. The van der Waals surface area contributed by atoms with Crippen molar-refractivity contribution in [1.82, 2.24) is 0 Å². The summed E-state index contributed by atoms with van der Waals surface area (Å²) in [6.07, 6.45) is 0.782. The summed E-state index contributed by atoms with van der Waals surface area (Å²) >= 11 is 0. The van der Waals surface area contributed by atoms with Gasteiger partial charge in [-0.1, -0.05) is 0 Å². The molecule has 0 saturated heterocycles. The Balaban J connectivity index is -0.000000143. The topological polar surface area (TPSA) is 74.6 Å². The van der Waals surface area contributed by atoms with Gasteiger partial charge in [0.05, 0.1) is 24.8 Å². The third-order valence-electron chi connectivity index (χ3n) is 0.411. The van der Waals surface area contributed by atoms with Crippen LogP contribution in [-0.2, 0) is 29.1 Å². The van der Waals surface area contributed by atoms with Gasteiger partial charge in [-0.25, -0.2) is 18.4 Å². The molecule has 0 rings (SSSR count). The second kappa shape index (κ2) is 13.5. The Morgan fingerprint density at radius 1 is 0.923 bits per heavy atom. The minimum Gasteiger partial charge on any atom is -0.478 e. The van der Waals surface area contributed by atoms with E-state index in [-0.39, 0.29) is 32.1 Å². The van der Waals surface area contributed by atoms with E-state index < -0.39 is 11.9 Å². The fourth-order valence-electron chi connectivity index (χ4n) is 0.108. The van der Waals surface area contributed by atoms with Gasteiger partial charge in [0, 0.05) is 19.5 Å². The number of carboxylic acid groups (broad SMARTS) is 2. The molecule has 0 aromatic carbocycles. The zero-order chi connectivity index (χ0) is 9.98. The van der Waals surface area contributed by atoms with Gasteiger partial charge in [-0.05, 0) is 0 Å². The van der Waals surface area contributed by atoms with E-state index in [1.807, 2.05) is 0 Å². The molecule has 0 bridgehead atoms. The number of rotatable bonds is 2. The van der Waals surface area contributed by atoms with Gasteiger partial charge in [0.1, 0.15) is 0 Å². The summed E-state index contributed by atoms with van der Waals surface area (Å²) in [7, 11) is 0. The molecule has 0 aromatic heterocycles. The van der Waals surface area contributed by atoms with Gasteiger partial charge in [-0.3, -0.25) is 0 Å². The molecule has 0 aliphatic heterocycles. The minimum atomic E-state index is -1.27. The van der Waals surface area contributed by atoms with Gasteiger partial charge in [0.15, 0.2) is 0 Å². The molecule has 70 valence electrons. The summed E-state index contributed by atoms with van der Waals surface area (Å²) in [4.78, 5) is 18.5. The number of halogens is 2. The van der Waals surface area contributed by atoms with Gasteiger partial charge in [-0.15, -0.1) is 0 Å². The van der Waals surface area contributed by atoms with Crippen molar-refractivity contribution in [2.45, 2.75) is 0 Å². The molecule has 7 heteroatoms. The Bertz CT molecular complexity index is 181. The quantitative estimate of drug-likeness (QED) is 0.564. The van der Waals surface area contributed by atoms with E-state index in [2.05, 4.69) is 0 Å². The monoisotopic (exact) mass is 244 g/mol. The minimum absolute atomic E-state index is 0. The maximum atomic E-state index is 10.7. The first-order chi connectivity index (χ1) is 5.54. The van der Waals surface area contributed by atoms with Crippen molar-refractivity contribution in [3.63, 3.8) is 0 Å². The molecular formula is C6H6F2O4Zn. The molecule has 0 heterocycles. The van der Waals surface area contributed by atoms with Crippen LogP contribution in [0.3, 0.4) is 0 Å². The van der Waals surface area contributed by atoms with Crippen LogP contribution in [0.4, 0.5) is 8.78 Å². The van der Waals surface area contributed by atoms with Crippen LogP contribution in [0.2, 0.25) is 0 Å². The normalized spacial score (nSPS) is 8.77. The van der Waals surface area contributed by atoms with Crippen LogP contribution in [0.1, 0.15) is 0 Å². The van der Waals surface area contributed by atoms with Crippen LogP contribution in [-0.4, -0.2) is 22.2 Å². The maximum Gasteiger partial charge on any atom is 0.330 e. The molecule has 13 heavy (non-hydrogen) atoms. The van der Waals surface area contributed by atoms with Crippen LogP contribution in [0, 0.1) is 0 Å². The van der Waals surface area contributed by atoms with Crippen molar-refractivity contribution in [2.24, 2.45) is 0 Å². The molecular weight excluding hydrogens is 239 g/mol. The van der Waals surface area contributed by atoms with Crippen molar-refractivity contribution < 1.29 is 48.1 Å². The van der Waals surface area contributed by atoms with E-state index in [0.717, 1.165) is 0 Å². The van der Waals surface area contributed by atoms with Crippen LogP contribution in [0.15, 0.2) is 24.8 Å². The summed E-state index contributed by atoms with van der Waals surface area (Å²) in [5.41, 5.74) is 0. The molecule has 0 fully saturated rings. The number of carboxylic acids is 2. The van der Waals surface area contributed by atoms with Gasteiger partial charge >= 0.3 is 11.9 Å². The average molecular weight is 245 g/mol. The summed E-state index contributed by atoms with van der Waals surface area (Å²) < 4.78 is 21.4. The molecule has 0 aliphatic carbocycles. The van der Waals surface area contributed by atoms with E-state index in [1.165, 1.54) is 0 Å². The van der Waals surface area contributed by atoms with Crippen molar-refractivity contribution in [2.75, 3.05) is 0 Å². The molecule has 0 amide bonds. The molecule has 4 nitrogen and oxygen atoms in total. The number of hydrogen-bond acceptors (Lipinski definition) is 2. The van der Waals surface area contributed by atoms with E-state index in [1.54, 1.807) is 0 Å².